The molecule has 1 rings (SSSR count). The fraction of sp³-hybridized carbons (Fsp3) is 0.889. The largest absolute Gasteiger partial charge is 0.381 e. The summed E-state index contributed by atoms with van der Waals surface area (Å²) in [7, 11) is 0. The van der Waals surface area contributed by atoms with Crippen LogP contribution in [-0.4, -0.2) is 64.5 Å². The molecule has 1 unspecified atom stereocenters. The number of aliphatic imine (C=N–C) groups is 1. The predicted octanol–water partition coefficient (Wildman–Crippen LogP) is 1.15. The van der Waals surface area contributed by atoms with Gasteiger partial charge in [0.25, 0.3) is 0 Å². The number of nitrogens with zero attached hydrogens (tertiary/aromatic N) is 1. The minimum atomic E-state index is -0.523. The van der Waals surface area contributed by atoms with Gasteiger partial charge in [0.05, 0.1) is 25.2 Å². The summed E-state index contributed by atoms with van der Waals surface area (Å²) in [5.41, 5.74) is -0.523. The Balaban J connectivity index is 2.26. The van der Waals surface area contributed by atoms with Gasteiger partial charge in [-0.15, -0.1) is 0 Å². The van der Waals surface area contributed by atoms with Crippen molar-refractivity contribution >= 4 is 11.9 Å². The van der Waals surface area contributed by atoms with E-state index in [9.17, 15) is 4.79 Å². The molecule has 0 aromatic rings. The molecule has 1 heterocycles. The van der Waals surface area contributed by atoms with E-state index in [4.69, 9.17) is 9.47 Å². The predicted molar refractivity (Wildman–Crippen MR) is 101 cm³/mol. The van der Waals surface area contributed by atoms with Gasteiger partial charge in [-0.2, -0.15) is 0 Å². The molecule has 146 valence electrons. The van der Waals surface area contributed by atoms with Crippen LogP contribution in [0.25, 0.3) is 0 Å². The van der Waals surface area contributed by atoms with Crippen LogP contribution in [-0.2, 0) is 14.3 Å². The van der Waals surface area contributed by atoms with E-state index in [-0.39, 0.29) is 5.91 Å². The van der Waals surface area contributed by atoms with E-state index in [0.29, 0.717) is 19.0 Å². The normalized spacial score (nSPS) is 18.2. The zero-order valence-corrected chi connectivity index (χ0v) is 16.3. The van der Waals surface area contributed by atoms with Crippen LogP contribution in [0.5, 0.6) is 0 Å². The van der Waals surface area contributed by atoms with E-state index in [2.05, 4.69) is 20.9 Å². The summed E-state index contributed by atoms with van der Waals surface area (Å²) in [5.74, 6) is 1.33. The molecule has 1 fully saturated rings. The smallest absolute Gasteiger partial charge is 0.227 e. The summed E-state index contributed by atoms with van der Waals surface area (Å²) in [4.78, 5) is 16.6. The molecule has 7 nitrogen and oxygen atoms in total. The number of rotatable bonds is 11. The highest BCUT2D eigenvalue weighted by molar-refractivity contribution is 5.83. The van der Waals surface area contributed by atoms with Gasteiger partial charge in [0.2, 0.25) is 5.91 Å². The van der Waals surface area contributed by atoms with E-state index >= 15 is 0 Å². The highest BCUT2D eigenvalue weighted by atomic mass is 16.5. The minimum absolute atomic E-state index is 0.0268. The lowest BCUT2D eigenvalue weighted by Crippen LogP contribution is -2.42. The van der Waals surface area contributed by atoms with Crippen molar-refractivity contribution in [3.63, 3.8) is 0 Å². The Labute approximate surface area is 152 Å². The first kappa shape index (κ1) is 21.7. The Kier molecular flexibility index (Phi) is 10.5. The zero-order valence-electron chi connectivity index (χ0n) is 16.3. The van der Waals surface area contributed by atoms with E-state index < -0.39 is 5.41 Å². The fourth-order valence-corrected chi connectivity index (χ4v) is 2.44. The van der Waals surface area contributed by atoms with Crippen molar-refractivity contribution < 1.29 is 14.3 Å². The third-order valence-corrected chi connectivity index (χ3v) is 4.06. The third kappa shape index (κ3) is 9.07. The second kappa shape index (κ2) is 12.1. The van der Waals surface area contributed by atoms with Gasteiger partial charge in [0, 0.05) is 38.8 Å². The van der Waals surface area contributed by atoms with Crippen LogP contribution in [0.2, 0.25) is 0 Å². The van der Waals surface area contributed by atoms with Gasteiger partial charge in [-0.3, -0.25) is 9.79 Å². The molecule has 1 aliphatic heterocycles. The molecule has 0 aromatic heterocycles. The van der Waals surface area contributed by atoms with Crippen LogP contribution in [0.3, 0.4) is 0 Å². The number of hydrogen-bond donors (Lipinski definition) is 3. The Morgan fingerprint density at radius 1 is 1.24 bits per heavy atom. The zero-order chi connectivity index (χ0) is 18.5. The minimum Gasteiger partial charge on any atom is -0.381 e. The maximum atomic E-state index is 12.0. The molecule has 0 bridgehead atoms. The Morgan fingerprint density at radius 3 is 2.64 bits per heavy atom. The van der Waals surface area contributed by atoms with Crippen molar-refractivity contribution in [1.82, 2.24) is 16.0 Å². The van der Waals surface area contributed by atoms with Crippen LogP contribution in [0.1, 0.15) is 40.5 Å². The molecule has 1 amide bonds. The van der Waals surface area contributed by atoms with Crippen LogP contribution >= 0.6 is 0 Å². The summed E-state index contributed by atoms with van der Waals surface area (Å²) < 4.78 is 11.0. The number of guanidine groups is 1. The van der Waals surface area contributed by atoms with Crippen molar-refractivity contribution in [3.05, 3.63) is 0 Å². The molecular weight excluding hydrogens is 320 g/mol. The van der Waals surface area contributed by atoms with Crippen molar-refractivity contribution in [3.8, 4) is 0 Å². The fourth-order valence-electron chi connectivity index (χ4n) is 2.44. The number of amides is 1. The lowest BCUT2D eigenvalue weighted by atomic mass is 9.92. The van der Waals surface area contributed by atoms with Gasteiger partial charge in [-0.05, 0) is 40.5 Å². The molecule has 0 aromatic carbocycles. The second-order valence-electron chi connectivity index (χ2n) is 7.02. The topological polar surface area (TPSA) is 84.0 Å². The maximum absolute atomic E-state index is 12.0. The molecule has 1 aliphatic rings. The first-order valence-electron chi connectivity index (χ1n) is 9.45. The summed E-state index contributed by atoms with van der Waals surface area (Å²) in [5, 5.41) is 9.36. The number of carbonyl (C=O) groups excluding carboxylic acids is 1. The van der Waals surface area contributed by atoms with Crippen molar-refractivity contribution in [2.45, 2.75) is 40.5 Å². The first-order chi connectivity index (χ1) is 12.0. The number of ether oxygens (including phenoxy) is 2. The molecule has 0 aliphatic carbocycles. The number of carbonyl (C=O) groups is 1. The monoisotopic (exact) mass is 356 g/mol. The first-order valence-corrected chi connectivity index (χ1v) is 9.45. The van der Waals surface area contributed by atoms with E-state index in [1.807, 2.05) is 27.7 Å². The summed E-state index contributed by atoms with van der Waals surface area (Å²) in [6, 6.07) is 0. The quantitative estimate of drug-likeness (QED) is 0.294. The SMILES string of the molecule is CCNC(=O)C(C)(C)CN=C(NCC)NCCCOCC1CCOC1. The highest BCUT2D eigenvalue weighted by Crippen LogP contribution is 2.15. The third-order valence-electron chi connectivity index (χ3n) is 4.06. The standard InChI is InChI=1S/C18H36N4O3/c1-5-19-16(23)18(3,4)14-22-17(20-6-2)21-9-7-10-24-12-15-8-11-25-13-15/h15H,5-14H2,1-4H3,(H,19,23)(H2,20,21,22). The lowest BCUT2D eigenvalue weighted by Gasteiger charge is -2.22. The van der Waals surface area contributed by atoms with Crippen molar-refractivity contribution in [1.29, 1.82) is 0 Å². The van der Waals surface area contributed by atoms with Gasteiger partial charge < -0.3 is 25.4 Å². The molecule has 1 atom stereocenters. The molecular formula is C18H36N4O3. The molecule has 0 spiro atoms. The molecule has 25 heavy (non-hydrogen) atoms. The Hall–Kier alpha value is -1.34. The summed E-state index contributed by atoms with van der Waals surface area (Å²) >= 11 is 0. The Morgan fingerprint density at radius 2 is 2.00 bits per heavy atom. The average molecular weight is 357 g/mol. The van der Waals surface area contributed by atoms with Gasteiger partial charge in [-0.25, -0.2) is 0 Å². The summed E-state index contributed by atoms with van der Waals surface area (Å²) in [6.45, 7) is 13.6. The van der Waals surface area contributed by atoms with Crippen molar-refractivity contribution in [2.24, 2.45) is 16.3 Å². The van der Waals surface area contributed by atoms with E-state index in [0.717, 1.165) is 58.3 Å². The van der Waals surface area contributed by atoms with Crippen LogP contribution in [0.4, 0.5) is 0 Å². The van der Waals surface area contributed by atoms with Crippen LogP contribution in [0.15, 0.2) is 4.99 Å². The van der Waals surface area contributed by atoms with Gasteiger partial charge >= 0.3 is 0 Å². The molecule has 1 saturated heterocycles. The Bertz CT molecular complexity index is 407. The molecule has 7 heteroatoms. The number of nitrogens with one attached hydrogen (secondary N) is 3. The van der Waals surface area contributed by atoms with Crippen molar-refractivity contribution in [2.75, 3.05) is 52.6 Å². The van der Waals surface area contributed by atoms with Crippen LogP contribution < -0.4 is 16.0 Å². The lowest BCUT2D eigenvalue weighted by molar-refractivity contribution is -0.128. The molecule has 3 N–H and O–H groups in total. The molecule has 0 radical (unpaired) electrons. The number of hydrogen-bond acceptors (Lipinski definition) is 4. The maximum Gasteiger partial charge on any atom is 0.227 e. The molecule has 0 saturated carbocycles. The van der Waals surface area contributed by atoms with Gasteiger partial charge in [0.15, 0.2) is 5.96 Å². The second-order valence-corrected chi connectivity index (χ2v) is 7.02. The van der Waals surface area contributed by atoms with Crippen LogP contribution in [0, 0.1) is 11.3 Å². The van der Waals surface area contributed by atoms with Gasteiger partial charge in [0.1, 0.15) is 0 Å². The van der Waals surface area contributed by atoms with E-state index in [1.54, 1.807) is 0 Å². The average Bonchev–Trinajstić information content (AvgIpc) is 3.09. The van der Waals surface area contributed by atoms with Gasteiger partial charge in [-0.1, -0.05) is 0 Å². The van der Waals surface area contributed by atoms with E-state index in [1.165, 1.54) is 0 Å². The summed E-state index contributed by atoms with van der Waals surface area (Å²) in [6.07, 6.45) is 2.02. The highest BCUT2D eigenvalue weighted by Gasteiger charge is 2.26.